The van der Waals surface area contributed by atoms with Crippen LogP contribution in [0.5, 0.6) is 11.5 Å². The highest BCUT2D eigenvalue weighted by Gasteiger charge is 2.44. The van der Waals surface area contributed by atoms with Crippen LogP contribution in [0.4, 0.5) is 0 Å². The van der Waals surface area contributed by atoms with Gasteiger partial charge >= 0.3 is 0 Å². The van der Waals surface area contributed by atoms with Crippen LogP contribution >= 0.6 is 0 Å². The molecule has 0 aromatic heterocycles. The number of carbonyl (C=O) groups is 3. The molecule has 4 aliphatic rings. The maximum Gasteiger partial charge on any atom is 0.231 e. The first-order valence-electron chi connectivity index (χ1n) is 10.2. The van der Waals surface area contributed by atoms with Gasteiger partial charge in [-0.1, -0.05) is 35.9 Å². The summed E-state index contributed by atoms with van der Waals surface area (Å²) in [7, 11) is 0. The van der Waals surface area contributed by atoms with Crippen LogP contribution in [0.3, 0.4) is 0 Å². The van der Waals surface area contributed by atoms with Crippen molar-refractivity contribution < 1.29 is 23.9 Å². The van der Waals surface area contributed by atoms with Gasteiger partial charge in [0, 0.05) is 40.2 Å². The summed E-state index contributed by atoms with van der Waals surface area (Å²) in [4.78, 5) is 40.0. The predicted molar refractivity (Wildman–Crippen MR) is 108 cm³/mol. The van der Waals surface area contributed by atoms with Crippen LogP contribution in [0.1, 0.15) is 57.9 Å². The average molecular weight is 398 g/mol. The summed E-state index contributed by atoms with van der Waals surface area (Å²) in [6, 6.07) is 12.5. The van der Waals surface area contributed by atoms with Crippen molar-refractivity contribution in [3.63, 3.8) is 0 Å². The van der Waals surface area contributed by atoms with Gasteiger partial charge in [0.1, 0.15) is 0 Å². The molecule has 2 aromatic carbocycles. The number of hydrogen-bond donors (Lipinski definition) is 0. The minimum atomic E-state index is -0.546. The molecule has 1 atom stereocenters. The lowest BCUT2D eigenvalue weighted by atomic mass is 9.65. The number of carbonyl (C=O) groups excluding carboxylic acids is 3. The summed E-state index contributed by atoms with van der Waals surface area (Å²) in [6.45, 7) is 0.148. The molecule has 1 heterocycles. The molecule has 5 nitrogen and oxygen atoms in total. The highest BCUT2D eigenvalue weighted by molar-refractivity contribution is 6.28. The van der Waals surface area contributed by atoms with Gasteiger partial charge in [0.15, 0.2) is 28.8 Å². The van der Waals surface area contributed by atoms with E-state index in [2.05, 4.69) is 0 Å². The zero-order valence-electron chi connectivity index (χ0n) is 16.2. The first-order chi connectivity index (χ1) is 14.6. The number of benzene rings is 2. The van der Waals surface area contributed by atoms with Gasteiger partial charge in [0.05, 0.1) is 0 Å². The van der Waals surface area contributed by atoms with E-state index in [0.29, 0.717) is 52.2 Å². The Morgan fingerprint density at radius 1 is 0.800 bits per heavy atom. The van der Waals surface area contributed by atoms with Gasteiger partial charge in [-0.15, -0.1) is 0 Å². The Bertz CT molecular complexity index is 1230. The topological polar surface area (TPSA) is 69.7 Å². The van der Waals surface area contributed by atoms with Gasteiger partial charge in [0.25, 0.3) is 0 Å². The Balaban J connectivity index is 1.59. The lowest BCUT2D eigenvalue weighted by Gasteiger charge is -2.36. The van der Waals surface area contributed by atoms with Crippen molar-refractivity contribution in [2.45, 2.75) is 31.6 Å². The van der Waals surface area contributed by atoms with Crippen molar-refractivity contribution in [1.29, 1.82) is 0 Å². The predicted octanol–water partition coefficient (Wildman–Crippen LogP) is 4.33. The molecule has 148 valence electrons. The van der Waals surface area contributed by atoms with E-state index in [1.165, 1.54) is 0 Å². The van der Waals surface area contributed by atoms with E-state index < -0.39 is 5.92 Å². The second kappa shape index (κ2) is 6.26. The van der Waals surface area contributed by atoms with Gasteiger partial charge in [0.2, 0.25) is 6.79 Å². The van der Waals surface area contributed by atoms with Crippen molar-refractivity contribution in [1.82, 2.24) is 0 Å². The van der Waals surface area contributed by atoms with Gasteiger partial charge in [-0.3, -0.25) is 14.4 Å². The first kappa shape index (κ1) is 17.4. The standard InChI is InChI=1S/C25H18O5/c26-18-7-3-4-13-10-17-23(25(28)16-6-2-1-5-15(16)24(17)27)22(21(13)18)14-8-9-19-20(11-14)30-12-29-19/h1-2,5-6,8-9,11,22H,3-4,7,10,12H2. The van der Waals surface area contributed by atoms with E-state index in [9.17, 15) is 14.4 Å². The Labute approximate surface area is 173 Å². The zero-order valence-corrected chi connectivity index (χ0v) is 16.2. The molecule has 2 aromatic rings. The van der Waals surface area contributed by atoms with Gasteiger partial charge in [-0.2, -0.15) is 0 Å². The molecule has 0 radical (unpaired) electrons. The molecule has 0 saturated heterocycles. The monoisotopic (exact) mass is 398 g/mol. The first-order valence-corrected chi connectivity index (χ1v) is 10.2. The van der Waals surface area contributed by atoms with E-state index >= 15 is 0 Å². The second-order valence-corrected chi connectivity index (χ2v) is 8.11. The van der Waals surface area contributed by atoms with Crippen molar-refractivity contribution in [3.8, 4) is 11.5 Å². The highest BCUT2D eigenvalue weighted by atomic mass is 16.7. The average Bonchev–Trinajstić information content (AvgIpc) is 3.24. The number of Topliss-reactive ketones (excluding diaryl/α,β-unsaturated/α-hetero) is 3. The maximum absolute atomic E-state index is 13.6. The Hall–Kier alpha value is -3.47. The molecule has 0 fully saturated rings. The molecule has 0 amide bonds. The molecule has 1 unspecified atom stereocenters. The summed E-state index contributed by atoms with van der Waals surface area (Å²) >= 11 is 0. The third-order valence-corrected chi connectivity index (χ3v) is 6.52. The molecule has 5 heteroatoms. The summed E-state index contributed by atoms with van der Waals surface area (Å²) in [5, 5.41) is 0. The minimum absolute atomic E-state index is 0.0737. The maximum atomic E-state index is 13.6. The number of fused-ring (bicyclic) bond motifs is 2. The fourth-order valence-electron chi connectivity index (χ4n) is 5.19. The van der Waals surface area contributed by atoms with E-state index in [-0.39, 0.29) is 24.1 Å². The molecular weight excluding hydrogens is 380 g/mol. The van der Waals surface area contributed by atoms with Crippen LogP contribution in [-0.4, -0.2) is 24.1 Å². The van der Waals surface area contributed by atoms with Crippen molar-refractivity contribution in [2.24, 2.45) is 0 Å². The molecule has 30 heavy (non-hydrogen) atoms. The fraction of sp³-hybridized carbons (Fsp3) is 0.240. The lowest BCUT2D eigenvalue weighted by molar-refractivity contribution is -0.116. The van der Waals surface area contributed by atoms with Crippen LogP contribution in [0.25, 0.3) is 0 Å². The summed E-state index contributed by atoms with van der Waals surface area (Å²) in [5.41, 5.74) is 4.33. The summed E-state index contributed by atoms with van der Waals surface area (Å²) < 4.78 is 11.0. The normalized spacial score (nSPS) is 22.1. The Morgan fingerprint density at radius 2 is 1.57 bits per heavy atom. The number of ketones is 3. The third kappa shape index (κ3) is 2.32. The lowest BCUT2D eigenvalue weighted by Crippen LogP contribution is -2.33. The smallest absolute Gasteiger partial charge is 0.231 e. The molecule has 1 aliphatic heterocycles. The molecular formula is C25H18O5. The molecule has 0 saturated carbocycles. The fourth-order valence-corrected chi connectivity index (χ4v) is 5.19. The van der Waals surface area contributed by atoms with Crippen LogP contribution < -0.4 is 9.47 Å². The molecule has 0 spiro atoms. The Kier molecular flexibility index (Phi) is 3.63. The van der Waals surface area contributed by atoms with Crippen molar-refractivity contribution in [2.75, 3.05) is 6.79 Å². The summed E-state index contributed by atoms with van der Waals surface area (Å²) in [5.74, 6) is 0.508. The van der Waals surface area contributed by atoms with E-state index in [1.54, 1.807) is 24.3 Å². The van der Waals surface area contributed by atoms with E-state index in [4.69, 9.17) is 9.47 Å². The second-order valence-electron chi connectivity index (χ2n) is 8.11. The number of hydrogen-bond acceptors (Lipinski definition) is 5. The quantitative estimate of drug-likeness (QED) is 0.715. The van der Waals surface area contributed by atoms with Crippen LogP contribution in [0.2, 0.25) is 0 Å². The van der Waals surface area contributed by atoms with Crippen molar-refractivity contribution >= 4 is 17.3 Å². The van der Waals surface area contributed by atoms with E-state index in [0.717, 1.165) is 24.0 Å². The summed E-state index contributed by atoms with van der Waals surface area (Å²) in [6.07, 6.45) is 2.42. The number of allylic oxidation sites excluding steroid dienone is 4. The van der Waals surface area contributed by atoms with E-state index in [1.807, 2.05) is 18.2 Å². The van der Waals surface area contributed by atoms with Gasteiger partial charge in [-0.05, 0) is 37.0 Å². The van der Waals surface area contributed by atoms with Crippen LogP contribution in [0, 0.1) is 0 Å². The SMILES string of the molecule is O=C1CCCC2=C1C(c1ccc3c(c1)OCO3)C1=C(C2)C(=O)c2ccccc2C1=O. The Morgan fingerprint density at radius 3 is 2.40 bits per heavy atom. The van der Waals surface area contributed by atoms with Gasteiger partial charge in [-0.25, -0.2) is 0 Å². The number of rotatable bonds is 1. The van der Waals surface area contributed by atoms with Crippen LogP contribution in [-0.2, 0) is 4.79 Å². The third-order valence-electron chi connectivity index (χ3n) is 6.52. The molecule has 6 rings (SSSR count). The molecule has 0 bridgehead atoms. The minimum Gasteiger partial charge on any atom is -0.454 e. The molecule has 3 aliphatic carbocycles. The van der Waals surface area contributed by atoms with Crippen molar-refractivity contribution in [3.05, 3.63) is 81.4 Å². The highest BCUT2D eigenvalue weighted by Crippen LogP contribution is 2.50. The zero-order chi connectivity index (χ0) is 20.4. The van der Waals surface area contributed by atoms with Gasteiger partial charge < -0.3 is 9.47 Å². The van der Waals surface area contributed by atoms with Crippen LogP contribution in [0.15, 0.2) is 64.8 Å². The number of ether oxygens (including phenoxy) is 2. The molecule has 0 N–H and O–H groups in total. The largest absolute Gasteiger partial charge is 0.454 e.